The second-order valence-electron chi connectivity index (χ2n) is 7.76. The fourth-order valence-electron chi connectivity index (χ4n) is 3.60. The van der Waals surface area contributed by atoms with Crippen LogP contribution in [0.5, 0.6) is 5.75 Å². The summed E-state index contributed by atoms with van der Waals surface area (Å²) in [7, 11) is 0. The maximum absolute atomic E-state index is 14.2. The summed E-state index contributed by atoms with van der Waals surface area (Å²) in [6, 6.07) is -0.151. The number of nitrogens with one attached hydrogen (secondary N) is 1. The Morgan fingerprint density at radius 1 is 1.09 bits per heavy atom. The molecule has 13 heteroatoms. The van der Waals surface area contributed by atoms with Crippen molar-refractivity contribution in [1.82, 2.24) is 20.2 Å². The molecule has 0 aliphatic carbocycles. The average molecular weight is 471 g/mol. The van der Waals surface area contributed by atoms with Gasteiger partial charge in [0.2, 0.25) is 5.91 Å². The molecule has 8 nitrogen and oxygen atoms in total. The van der Waals surface area contributed by atoms with Crippen LogP contribution >= 0.6 is 0 Å². The predicted molar refractivity (Wildman–Crippen MR) is 103 cm³/mol. The molecule has 2 amide bonds. The van der Waals surface area contributed by atoms with Crippen molar-refractivity contribution in [2.45, 2.75) is 25.0 Å². The van der Waals surface area contributed by atoms with Crippen LogP contribution in [0.15, 0.2) is 24.5 Å². The first kappa shape index (κ1) is 22.7. The Morgan fingerprint density at radius 2 is 1.73 bits per heavy atom. The standard InChI is InChI=1S/C20H18F5N5O3/c1-10(31)30-8-15(20(24,25)9-30)28-19(32)17-18(27-3-2-26-17)29-6-12(7-29)33-11-4-13(21)16(23)14(22)5-11/h2-5,12,15H,6-9H2,1H3,(H,28,32)/t15-/m0/s1. The number of rotatable bonds is 5. The van der Waals surface area contributed by atoms with Gasteiger partial charge in [-0.05, 0) is 0 Å². The van der Waals surface area contributed by atoms with E-state index in [0.717, 1.165) is 11.8 Å². The molecule has 2 aliphatic heterocycles. The Labute approximate surface area is 184 Å². The predicted octanol–water partition coefficient (Wildman–Crippen LogP) is 1.76. The molecule has 2 saturated heterocycles. The normalized spacial score (nSPS) is 19.9. The lowest BCUT2D eigenvalue weighted by Gasteiger charge is -2.40. The fourth-order valence-corrected chi connectivity index (χ4v) is 3.60. The topological polar surface area (TPSA) is 87.7 Å². The number of alkyl halides is 2. The molecule has 0 bridgehead atoms. The Hall–Kier alpha value is -3.51. The maximum atomic E-state index is 14.2. The third-order valence-corrected chi connectivity index (χ3v) is 5.37. The van der Waals surface area contributed by atoms with Gasteiger partial charge in [0.15, 0.2) is 29.0 Å². The minimum absolute atomic E-state index is 0.107. The minimum atomic E-state index is -3.31. The second kappa shape index (κ2) is 8.45. The number of likely N-dealkylation sites (tertiary alicyclic amines) is 1. The number of hydrogen-bond acceptors (Lipinski definition) is 6. The summed E-state index contributed by atoms with van der Waals surface area (Å²) in [4.78, 5) is 34.6. The lowest BCUT2D eigenvalue weighted by atomic mass is 10.1. The smallest absolute Gasteiger partial charge is 0.286 e. The second-order valence-corrected chi connectivity index (χ2v) is 7.76. The van der Waals surface area contributed by atoms with Crippen molar-refractivity contribution in [2.75, 3.05) is 31.1 Å². The molecule has 1 atom stereocenters. The molecule has 1 aromatic heterocycles. The van der Waals surface area contributed by atoms with Crippen molar-refractivity contribution in [3.63, 3.8) is 0 Å². The van der Waals surface area contributed by atoms with E-state index in [0.29, 0.717) is 12.1 Å². The number of anilines is 1. The fraction of sp³-hybridized carbons (Fsp3) is 0.400. The number of nitrogens with zero attached hydrogens (tertiary/aromatic N) is 4. The third-order valence-electron chi connectivity index (χ3n) is 5.37. The largest absolute Gasteiger partial charge is 0.487 e. The van der Waals surface area contributed by atoms with Crippen LogP contribution in [0.1, 0.15) is 17.4 Å². The minimum Gasteiger partial charge on any atom is -0.487 e. The molecular weight excluding hydrogens is 453 g/mol. The van der Waals surface area contributed by atoms with E-state index in [-0.39, 0.29) is 36.9 Å². The SMILES string of the molecule is CC(=O)N1C[C@H](NC(=O)c2nccnc2N2CC(Oc3cc(F)c(F)c(F)c3)C2)C(F)(F)C1. The summed E-state index contributed by atoms with van der Waals surface area (Å²) in [5.74, 6) is -9.20. The first-order chi connectivity index (χ1) is 15.5. The van der Waals surface area contributed by atoms with Gasteiger partial charge in [-0.2, -0.15) is 0 Å². The highest BCUT2D eigenvalue weighted by molar-refractivity contribution is 5.97. The zero-order valence-electron chi connectivity index (χ0n) is 17.2. The highest BCUT2D eigenvalue weighted by atomic mass is 19.3. The van der Waals surface area contributed by atoms with Crippen molar-refractivity contribution in [3.05, 3.63) is 47.7 Å². The summed E-state index contributed by atoms with van der Waals surface area (Å²) in [5, 5.41) is 2.22. The molecule has 2 aromatic rings. The van der Waals surface area contributed by atoms with Crippen LogP contribution in [0.4, 0.5) is 27.8 Å². The van der Waals surface area contributed by atoms with Gasteiger partial charge in [0, 0.05) is 38.0 Å². The van der Waals surface area contributed by atoms with Crippen molar-refractivity contribution in [3.8, 4) is 5.75 Å². The van der Waals surface area contributed by atoms with Gasteiger partial charge in [0.25, 0.3) is 11.8 Å². The van der Waals surface area contributed by atoms with E-state index in [1.54, 1.807) is 4.90 Å². The van der Waals surface area contributed by atoms with E-state index in [1.807, 2.05) is 0 Å². The van der Waals surface area contributed by atoms with Gasteiger partial charge in [0.1, 0.15) is 17.9 Å². The molecule has 0 radical (unpaired) electrons. The first-order valence-electron chi connectivity index (χ1n) is 9.86. The molecule has 0 saturated carbocycles. The summed E-state index contributed by atoms with van der Waals surface area (Å²) in [5.41, 5.74) is -0.202. The van der Waals surface area contributed by atoms with E-state index in [2.05, 4.69) is 15.3 Å². The average Bonchev–Trinajstić information content (AvgIpc) is 3.03. The summed E-state index contributed by atoms with van der Waals surface area (Å²) in [6.07, 6.45) is 1.99. The van der Waals surface area contributed by atoms with Crippen LogP contribution < -0.4 is 15.0 Å². The number of benzene rings is 1. The van der Waals surface area contributed by atoms with E-state index < -0.39 is 53.9 Å². The molecule has 4 rings (SSSR count). The number of aromatic nitrogens is 2. The molecule has 0 unspecified atom stereocenters. The number of hydrogen-bond donors (Lipinski definition) is 1. The van der Waals surface area contributed by atoms with Gasteiger partial charge in [0.05, 0.1) is 19.6 Å². The van der Waals surface area contributed by atoms with Gasteiger partial charge in [-0.15, -0.1) is 0 Å². The van der Waals surface area contributed by atoms with Crippen molar-refractivity contribution < 1.29 is 36.3 Å². The van der Waals surface area contributed by atoms with E-state index in [9.17, 15) is 31.5 Å². The molecule has 0 spiro atoms. The lowest BCUT2D eigenvalue weighted by molar-refractivity contribution is -0.129. The molecule has 3 heterocycles. The van der Waals surface area contributed by atoms with Crippen molar-refractivity contribution in [2.24, 2.45) is 0 Å². The van der Waals surface area contributed by atoms with Gasteiger partial charge < -0.3 is 19.9 Å². The van der Waals surface area contributed by atoms with Crippen LogP contribution in [0, 0.1) is 17.5 Å². The third kappa shape index (κ3) is 4.52. The highest BCUT2D eigenvalue weighted by Crippen LogP contribution is 2.29. The molecule has 1 N–H and O–H groups in total. The maximum Gasteiger partial charge on any atom is 0.286 e. The Kier molecular flexibility index (Phi) is 5.80. The zero-order chi connectivity index (χ0) is 23.9. The van der Waals surface area contributed by atoms with Crippen LogP contribution in [-0.2, 0) is 4.79 Å². The van der Waals surface area contributed by atoms with Crippen LogP contribution in [0.2, 0.25) is 0 Å². The van der Waals surface area contributed by atoms with Crippen LogP contribution in [-0.4, -0.2) is 70.9 Å². The molecule has 2 aliphatic rings. The first-order valence-corrected chi connectivity index (χ1v) is 9.86. The lowest BCUT2D eigenvalue weighted by Crippen LogP contribution is -2.55. The Balaban J connectivity index is 1.41. The molecule has 33 heavy (non-hydrogen) atoms. The van der Waals surface area contributed by atoms with Gasteiger partial charge >= 0.3 is 0 Å². The number of carbonyl (C=O) groups is 2. The monoisotopic (exact) mass is 471 g/mol. The molecule has 176 valence electrons. The van der Waals surface area contributed by atoms with Crippen molar-refractivity contribution >= 4 is 17.6 Å². The summed E-state index contributed by atoms with van der Waals surface area (Å²) >= 11 is 0. The highest BCUT2D eigenvalue weighted by Gasteiger charge is 2.50. The van der Waals surface area contributed by atoms with E-state index in [1.165, 1.54) is 12.4 Å². The van der Waals surface area contributed by atoms with Gasteiger partial charge in [-0.1, -0.05) is 0 Å². The number of ether oxygens (including phenoxy) is 1. The van der Waals surface area contributed by atoms with Gasteiger partial charge in [-0.3, -0.25) is 9.59 Å². The number of halogens is 5. The summed E-state index contributed by atoms with van der Waals surface area (Å²) in [6.45, 7) is 0.330. The Bertz CT molecular complexity index is 1070. The van der Waals surface area contributed by atoms with Crippen LogP contribution in [0.25, 0.3) is 0 Å². The van der Waals surface area contributed by atoms with Crippen LogP contribution in [0.3, 0.4) is 0 Å². The quantitative estimate of drug-likeness (QED) is 0.528. The molecule has 2 fully saturated rings. The van der Waals surface area contributed by atoms with Gasteiger partial charge in [-0.25, -0.2) is 31.9 Å². The zero-order valence-corrected chi connectivity index (χ0v) is 17.2. The Morgan fingerprint density at radius 3 is 2.33 bits per heavy atom. The summed E-state index contributed by atoms with van der Waals surface area (Å²) < 4.78 is 73.6. The van der Waals surface area contributed by atoms with E-state index >= 15 is 0 Å². The van der Waals surface area contributed by atoms with Crippen molar-refractivity contribution in [1.29, 1.82) is 0 Å². The number of carbonyl (C=O) groups excluding carboxylic acids is 2. The number of amides is 2. The molecule has 1 aromatic carbocycles. The van der Waals surface area contributed by atoms with E-state index in [4.69, 9.17) is 4.74 Å². The molecular formula is C20H18F5N5O3.